The first-order valence-corrected chi connectivity index (χ1v) is 7.03. The van der Waals surface area contributed by atoms with Crippen molar-refractivity contribution in [1.29, 1.82) is 0 Å². The lowest BCUT2D eigenvalue weighted by Gasteiger charge is -2.10. The number of hydrogen-bond acceptors (Lipinski definition) is 4. The van der Waals surface area contributed by atoms with Gasteiger partial charge in [0.2, 0.25) is 0 Å². The van der Waals surface area contributed by atoms with Crippen molar-refractivity contribution in [3.8, 4) is 0 Å². The fourth-order valence-electron chi connectivity index (χ4n) is 1.55. The molecular formula is C9H8ClF2NO4S. The van der Waals surface area contributed by atoms with Gasteiger partial charge in [0.15, 0.2) is 0 Å². The summed E-state index contributed by atoms with van der Waals surface area (Å²) in [5, 5.41) is 10.6. The summed E-state index contributed by atoms with van der Waals surface area (Å²) in [6.07, 6.45) is -3.05. The molecule has 0 radical (unpaired) electrons. The van der Waals surface area contributed by atoms with Crippen molar-refractivity contribution >= 4 is 25.4 Å². The summed E-state index contributed by atoms with van der Waals surface area (Å²) in [7, 11) is 0.777. The maximum absolute atomic E-state index is 12.8. The average Bonchev–Trinajstić information content (AvgIpc) is 2.25. The Morgan fingerprint density at radius 1 is 1.44 bits per heavy atom. The third-order valence-corrected chi connectivity index (χ3v) is 3.68. The monoisotopic (exact) mass is 299 g/mol. The van der Waals surface area contributed by atoms with E-state index in [9.17, 15) is 27.3 Å². The van der Waals surface area contributed by atoms with Gasteiger partial charge < -0.3 is 0 Å². The summed E-state index contributed by atoms with van der Waals surface area (Å²) in [6.45, 7) is 1.46. The standard InChI is InChI=1S/C9H8ClF2NO4S/c1-2-6-7(9(11)12)3-5(13(14)15)4-8(6)18(10,16)17/h3-4,9H,2H2,1H3. The van der Waals surface area contributed by atoms with Gasteiger partial charge in [0.25, 0.3) is 21.2 Å². The second kappa shape index (κ2) is 5.15. The molecule has 9 heteroatoms. The molecule has 0 aliphatic heterocycles. The highest BCUT2D eigenvalue weighted by Gasteiger charge is 2.26. The SMILES string of the molecule is CCc1c(C(F)F)cc([N+](=O)[O-])cc1S(=O)(=O)Cl. The highest BCUT2D eigenvalue weighted by atomic mass is 35.7. The lowest BCUT2D eigenvalue weighted by atomic mass is 10.0. The predicted octanol–water partition coefficient (Wildman–Crippen LogP) is 3.02. The molecule has 100 valence electrons. The molecular weight excluding hydrogens is 292 g/mol. The maximum Gasteiger partial charge on any atom is 0.271 e. The van der Waals surface area contributed by atoms with Gasteiger partial charge in [-0.2, -0.15) is 0 Å². The molecule has 0 bridgehead atoms. The molecule has 0 saturated carbocycles. The van der Waals surface area contributed by atoms with Crippen molar-refractivity contribution in [2.45, 2.75) is 24.7 Å². The highest BCUT2D eigenvalue weighted by Crippen LogP contribution is 2.34. The van der Waals surface area contributed by atoms with E-state index in [0.29, 0.717) is 12.1 Å². The van der Waals surface area contributed by atoms with Crippen molar-refractivity contribution in [1.82, 2.24) is 0 Å². The number of halogens is 3. The van der Waals surface area contributed by atoms with Crippen LogP contribution in [0.3, 0.4) is 0 Å². The Kier molecular flexibility index (Phi) is 4.23. The molecule has 0 N–H and O–H groups in total. The van der Waals surface area contributed by atoms with E-state index in [-0.39, 0.29) is 12.0 Å². The summed E-state index contributed by atoms with van der Waals surface area (Å²) < 4.78 is 48.1. The van der Waals surface area contributed by atoms with Crippen molar-refractivity contribution < 1.29 is 22.1 Å². The fraction of sp³-hybridized carbons (Fsp3) is 0.333. The number of nitro groups is 1. The van der Waals surface area contributed by atoms with Crippen LogP contribution in [0.25, 0.3) is 0 Å². The Morgan fingerprint density at radius 2 is 2.00 bits per heavy atom. The number of benzene rings is 1. The van der Waals surface area contributed by atoms with Gasteiger partial charge in [0.05, 0.1) is 9.82 Å². The van der Waals surface area contributed by atoms with Crippen LogP contribution in [0.5, 0.6) is 0 Å². The summed E-state index contributed by atoms with van der Waals surface area (Å²) in [5.41, 5.74) is -1.63. The number of non-ortho nitro benzene ring substituents is 1. The van der Waals surface area contributed by atoms with Crippen molar-refractivity contribution in [3.05, 3.63) is 33.4 Å². The zero-order valence-electron chi connectivity index (χ0n) is 9.06. The minimum atomic E-state index is -4.32. The summed E-state index contributed by atoms with van der Waals surface area (Å²) in [6, 6.07) is 1.35. The molecule has 0 unspecified atom stereocenters. The first-order valence-electron chi connectivity index (χ1n) is 4.72. The van der Waals surface area contributed by atoms with Gasteiger partial charge in [-0.1, -0.05) is 6.92 Å². The molecule has 0 amide bonds. The number of nitrogens with zero attached hydrogens (tertiary/aromatic N) is 1. The topological polar surface area (TPSA) is 77.3 Å². The van der Waals surface area contributed by atoms with Gasteiger partial charge in [0, 0.05) is 28.4 Å². The maximum atomic E-state index is 12.8. The minimum Gasteiger partial charge on any atom is -0.258 e. The molecule has 18 heavy (non-hydrogen) atoms. The van der Waals surface area contributed by atoms with E-state index in [2.05, 4.69) is 0 Å². The zero-order chi connectivity index (χ0) is 14.1. The van der Waals surface area contributed by atoms with Crippen molar-refractivity contribution in [2.75, 3.05) is 0 Å². The second-order valence-electron chi connectivity index (χ2n) is 3.36. The van der Waals surface area contributed by atoms with Gasteiger partial charge in [-0.05, 0) is 12.0 Å². The summed E-state index contributed by atoms with van der Waals surface area (Å²) in [4.78, 5) is 8.99. The van der Waals surface area contributed by atoms with Crippen LogP contribution in [0.4, 0.5) is 14.5 Å². The molecule has 5 nitrogen and oxygen atoms in total. The smallest absolute Gasteiger partial charge is 0.258 e. The van der Waals surface area contributed by atoms with E-state index in [1.165, 1.54) is 6.92 Å². The molecule has 0 aromatic heterocycles. The Bertz CT molecular complexity index is 588. The van der Waals surface area contributed by atoms with E-state index in [0.717, 1.165) is 0 Å². The van der Waals surface area contributed by atoms with E-state index >= 15 is 0 Å². The Labute approximate surface area is 106 Å². The van der Waals surface area contributed by atoms with Crippen LogP contribution < -0.4 is 0 Å². The van der Waals surface area contributed by atoms with Crippen LogP contribution in [0.2, 0.25) is 0 Å². The van der Waals surface area contributed by atoms with Gasteiger partial charge in [-0.3, -0.25) is 10.1 Å². The Morgan fingerprint density at radius 3 is 2.33 bits per heavy atom. The van der Waals surface area contributed by atoms with Gasteiger partial charge >= 0.3 is 0 Å². The van der Waals surface area contributed by atoms with E-state index in [4.69, 9.17) is 10.7 Å². The number of nitro benzene ring substituents is 1. The van der Waals surface area contributed by atoms with Crippen LogP contribution in [0, 0.1) is 10.1 Å². The number of hydrogen-bond donors (Lipinski definition) is 0. The van der Waals surface area contributed by atoms with Gasteiger partial charge in [-0.25, -0.2) is 17.2 Å². The van der Waals surface area contributed by atoms with E-state index in [1.54, 1.807) is 0 Å². The van der Waals surface area contributed by atoms with E-state index in [1.807, 2.05) is 0 Å². The molecule has 0 spiro atoms. The highest BCUT2D eigenvalue weighted by molar-refractivity contribution is 8.13. The minimum absolute atomic E-state index is 0.0288. The summed E-state index contributed by atoms with van der Waals surface area (Å²) in [5.74, 6) is 0. The largest absolute Gasteiger partial charge is 0.271 e. The second-order valence-corrected chi connectivity index (χ2v) is 5.90. The molecule has 1 aromatic carbocycles. The third kappa shape index (κ3) is 2.94. The van der Waals surface area contributed by atoms with Crippen LogP contribution in [-0.4, -0.2) is 13.3 Å². The van der Waals surface area contributed by atoms with Crippen LogP contribution in [0.1, 0.15) is 24.5 Å². The molecule has 1 aromatic rings. The predicted molar refractivity (Wildman–Crippen MR) is 60.5 cm³/mol. The van der Waals surface area contributed by atoms with Crippen LogP contribution >= 0.6 is 10.7 Å². The first-order chi connectivity index (χ1) is 8.18. The number of rotatable bonds is 4. The summed E-state index contributed by atoms with van der Waals surface area (Å²) >= 11 is 0. The normalized spacial score (nSPS) is 11.8. The third-order valence-electron chi connectivity index (χ3n) is 2.29. The van der Waals surface area contributed by atoms with Crippen LogP contribution in [0.15, 0.2) is 17.0 Å². The first kappa shape index (κ1) is 14.8. The fourth-order valence-corrected chi connectivity index (χ4v) is 2.78. The lowest BCUT2D eigenvalue weighted by Crippen LogP contribution is -2.04. The van der Waals surface area contributed by atoms with Gasteiger partial charge in [-0.15, -0.1) is 0 Å². The molecule has 0 saturated heterocycles. The van der Waals surface area contributed by atoms with Crippen molar-refractivity contribution in [2.24, 2.45) is 0 Å². The Balaban J connectivity index is 3.73. The molecule has 0 atom stereocenters. The Hall–Kier alpha value is -1.28. The average molecular weight is 300 g/mol. The van der Waals surface area contributed by atoms with Gasteiger partial charge in [0.1, 0.15) is 0 Å². The molecule has 0 aliphatic rings. The molecule has 0 fully saturated rings. The molecule has 0 aliphatic carbocycles. The van der Waals surface area contributed by atoms with E-state index < -0.39 is 36.5 Å². The zero-order valence-corrected chi connectivity index (χ0v) is 10.6. The van der Waals surface area contributed by atoms with Crippen LogP contribution in [-0.2, 0) is 15.5 Å². The quantitative estimate of drug-likeness (QED) is 0.486. The number of alkyl halides is 2. The molecule has 1 rings (SSSR count). The molecule has 0 heterocycles. The van der Waals surface area contributed by atoms with Crippen molar-refractivity contribution in [3.63, 3.8) is 0 Å². The lowest BCUT2D eigenvalue weighted by molar-refractivity contribution is -0.385.